The summed E-state index contributed by atoms with van der Waals surface area (Å²) in [7, 11) is 0. The Hall–Kier alpha value is -3.68. The van der Waals surface area contributed by atoms with Gasteiger partial charge in [0.1, 0.15) is 5.56 Å². The number of carboxylic acids is 2. The second kappa shape index (κ2) is 9.21. The zero-order valence-electron chi connectivity index (χ0n) is 17.0. The maximum atomic E-state index is 12.0. The van der Waals surface area contributed by atoms with Gasteiger partial charge in [-0.15, -0.1) is 0 Å². The van der Waals surface area contributed by atoms with Crippen LogP contribution in [0.25, 0.3) is 5.69 Å². The Morgan fingerprint density at radius 3 is 2.30 bits per heavy atom. The van der Waals surface area contributed by atoms with Crippen LogP contribution in [0, 0.1) is 11.3 Å². The number of aliphatic carboxylic acids is 2. The molecule has 0 spiro atoms. The monoisotopic (exact) mass is 412 g/mol. The zero-order valence-corrected chi connectivity index (χ0v) is 17.0. The van der Waals surface area contributed by atoms with E-state index in [9.17, 15) is 19.2 Å². The molecule has 2 aromatic rings. The summed E-state index contributed by atoms with van der Waals surface area (Å²) in [6.45, 7) is 5.06. The SMILES string of the molecule is CC(C)C(=O)c1c[nH]n(-c2ccccc2)c1=O.CC1(C(=O)O)C=CC=C(C(=O)O)C1. The number of nitrogens with zero attached hydrogens (tertiary/aromatic N) is 1. The molecule has 1 unspecified atom stereocenters. The number of benzene rings is 1. The van der Waals surface area contributed by atoms with E-state index < -0.39 is 17.4 Å². The Labute approximate surface area is 173 Å². The van der Waals surface area contributed by atoms with E-state index in [1.54, 1.807) is 13.8 Å². The van der Waals surface area contributed by atoms with Crippen LogP contribution >= 0.6 is 0 Å². The number of hydrogen-bond acceptors (Lipinski definition) is 4. The van der Waals surface area contributed by atoms with E-state index in [0.29, 0.717) is 0 Å². The van der Waals surface area contributed by atoms with E-state index >= 15 is 0 Å². The number of ketones is 1. The van der Waals surface area contributed by atoms with Gasteiger partial charge in [-0.25, -0.2) is 9.48 Å². The molecular formula is C22H24N2O6. The second-order valence-electron chi connectivity index (χ2n) is 7.44. The largest absolute Gasteiger partial charge is 0.481 e. The summed E-state index contributed by atoms with van der Waals surface area (Å²) in [4.78, 5) is 45.1. The van der Waals surface area contributed by atoms with E-state index in [0.717, 1.165) is 5.69 Å². The minimum atomic E-state index is -1.08. The van der Waals surface area contributed by atoms with Crippen molar-refractivity contribution >= 4 is 17.7 Å². The number of aromatic amines is 1. The molecule has 1 aliphatic rings. The zero-order chi connectivity index (χ0) is 22.5. The fourth-order valence-corrected chi connectivity index (χ4v) is 2.81. The van der Waals surface area contributed by atoms with Crippen LogP contribution in [0.4, 0.5) is 0 Å². The van der Waals surface area contributed by atoms with Crippen molar-refractivity contribution < 1.29 is 24.6 Å². The topological polar surface area (TPSA) is 129 Å². The minimum absolute atomic E-state index is 0.0359. The molecule has 0 radical (unpaired) electrons. The highest BCUT2D eigenvalue weighted by Crippen LogP contribution is 2.31. The number of hydrogen-bond donors (Lipinski definition) is 3. The third kappa shape index (κ3) is 5.02. The lowest BCUT2D eigenvalue weighted by Crippen LogP contribution is -2.28. The lowest BCUT2D eigenvalue weighted by molar-refractivity contribution is -0.145. The standard InChI is InChI=1S/C13H14N2O2.C9H10O4/c1-9(2)12(16)11-8-14-15(13(11)17)10-6-4-3-5-7-10;1-9(8(12)13)4-2-3-6(5-9)7(10)11/h3-9,14H,1-2H3;2-4H,5H2,1H3,(H,10,11)(H,12,13). The number of para-hydroxylation sites is 1. The molecule has 1 heterocycles. The Morgan fingerprint density at radius 2 is 1.77 bits per heavy atom. The summed E-state index contributed by atoms with van der Waals surface area (Å²) in [5, 5.41) is 20.3. The van der Waals surface area contributed by atoms with Gasteiger partial charge >= 0.3 is 11.9 Å². The molecular weight excluding hydrogens is 388 g/mol. The molecule has 1 atom stereocenters. The van der Waals surface area contributed by atoms with Gasteiger partial charge in [0.25, 0.3) is 5.56 Å². The fourth-order valence-electron chi connectivity index (χ4n) is 2.81. The molecule has 0 bridgehead atoms. The Kier molecular flexibility index (Phi) is 6.94. The molecule has 8 nitrogen and oxygen atoms in total. The maximum Gasteiger partial charge on any atom is 0.331 e. The van der Waals surface area contributed by atoms with E-state index in [2.05, 4.69) is 5.10 Å². The third-order valence-corrected chi connectivity index (χ3v) is 4.66. The molecule has 8 heteroatoms. The van der Waals surface area contributed by atoms with Gasteiger partial charge < -0.3 is 10.2 Å². The molecule has 0 saturated carbocycles. The van der Waals surface area contributed by atoms with Crippen molar-refractivity contribution in [3.05, 3.63) is 76.2 Å². The maximum absolute atomic E-state index is 12.0. The van der Waals surface area contributed by atoms with Crippen molar-refractivity contribution in [3.63, 3.8) is 0 Å². The third-order valence-electron chi connectivity index (χ3n) is 4.66. The molecule has 1 aromatic carbocycles. The van der Waals surface area contributed by atoms with Gasteiger partial charge in [0.15, 0.2) is 5.78 Å². The highest BCUT2D eigenvalue weighted by molar-refractivity contribution is 5.97. The van der Waals surface area contributed by atoms with Gasteiger partial charge in [0.05, 0.1) is 11.1 Å². The summed E-state index contributed by atoms with van der Waals surface area (Å²) in [5.41, 5.74) is -0.311. The first-order valence-corrected chi connectivity index (χ1v) is 9.32. The van der Waals surface area contributed by atoms with Gasteiger partial charge in [-0.2, -0.15) is 0 Å². The van der Waals surface area contributed by atoms with Crippen LogP contribution in [-0.2, 0) is 9.59 Å². The predicted octanol–water partition coefficient (Wildman–Crippen LogP) is 3.05. The molecule has 3 rings (SSSR count). The molecule has 0 fully saturated rings. The van der Waals surface area contributed by atoms with Gasteiger partial charge in [-0.1, -0.05) is 50.3 Å². The normalized spacial score (nSPS) is 17.7. The number of aromatic nitrogens is 2. The molecule has 0 amide bonds. The number of carbonyl (C=O) groups excluding carboxylic acids is 1. The highest BCUT2D eigenvalue weighted by atomic mass is 16.4. The Bertz CT molecular complexity index is 1060. The van der Waals surface area contributed by atoms with Crippen LogP contribution in [-0.4, -0.2) is 37.7 Å². The number of H-pyrrole nitrogens is 1. The van der Waals surface area contributed by atoms with Crippen molar-refractivity contribution in [3.8, 4) is 5.69 Å². The number of rotatable bonds is 5. The fraction of sp³-hybridized carbons (Fsp3) is 0.273. The highest BCUT2D eigenvalue weighted by Gasteiger charge is 2.34. The van der Waals surface area contributed by atoms with Gasteiger partial charge in [0, 0.05) is 17.7 Å². The van der Waals surface area contributed by atoms with E-state index in [1.807, 2.05) is 30.3 Å². The number of carbonyl (C=O) groups is 3. The van der Waals surface area contributed by atoms with E-state index in [-0.39, 0.29) is 34.8 Å². The quantitative estimate of drug-likeness (QED) is 0.647. The predicted molar refractivity (Wildman–Crippen MR) is 111 cm³/mol. The molecule has 158 valence electrons. The average Bonchev–Trinajstić information content (AvgIpc) is 3.09. The second-order valence-corrected chi connectivity index (χ2v) is 7.44. The van der Waals surface area contributed by atoms with Crippen molar-refractivity contribution in [2.24, 2.45) is 11.3 Å². The van der Waals surface area contributed by atoms with Gasteiger partial charge in [-0.3, -0.25) is 19.5 Å². The Balaban J connectivity index is 0.000000222. The number of Topliss-reactive ketones (excluding diaryl/α,β-unsaturated/α-hetero) is 1. The summed E-state index contributed by atoms with van der Waals surface area (Å²) in [6, 6.07) is 9.17. The summed E-state index contributed by atoms with van der Waals surface area (Å²) >= 11 is 0. The van der Waals surface area contributed by atoms with Crippen molar-refractivity contribution in [2.75, 3.05) is 0 Å². The van der Waals surface area contributed by atoms with Crippen LogP contribution in [0.3, 0.4) is 0 Å². The number of carboxylic acid groups (broad SMARTS) is 2. The van der Waals surface area contributed by atoms with Crippen LogP contribution in [0.2, 0.25) is 0 Å². The van der Waals surface area contributed by atoms with Crippen molar-refractivity contribution in [2.45, 2.75) is 27.2 Å². The van der Waals surface area contributed by atoms with Crippen molar-refractivity contribution in [1.29, 1.82) is 0 Å². The number of allylic oxidation sites excluding steroid dienone is 2. The lowest BCUT2D eigenvalue weighted by atomic mass is 9.80. The van der Waals surface area contributed by atoms with Gasteiger partial charge in [0.2, 0.25) is 0 Å². The smallest absolute Gasteiger partial charge is 0.331 e. The molecule has 0 aliphatic heterocycles. The first-order valence-electron chi connectivity index (χ1n) is 9.32. The molecule has 1 aliphatic carbocycles. The molecule has 0 saturated heterocycles. The van der Waals surface area contributed by atoms with Crippen molar-refractivity contribution in [1.82, 2.24) is 9.78 Å². The Morgan fingerprint density at radius 1 is 1.13 bits per heavy atom. The molecule has 1 aromatic heterocycles. The summed E-state index contributed by atoms with van der Waals surface area (Å²) < 4.78 is 1.37. The van der Waals surface area contributed by atoms with E-state index in [4.69, 9.17) is 10.2 Å². The summed E-state index contributed by atoms with van der Waals surface area (Å²) in [6.07, 6.45) is 5.90. The minimum Gasteiger partial charge on any atom is -0.481 e. The average molecular weight is 412 g/mol. The van der Waals surface area contributed by atoms with Crippen LogP contribution in [0.1, 0.15) is 37.6 Å². The van der Waals surface area contributed by atoms with Crippen LogP contribution in [0.5, 0.6) is 0 Å². The van der Waals surface area contributed by atoms with E-state index in [1.165, 1.54) is 36.0 Å². The molecule has 30 heavy (non-hydrogen) atoms. The van der Waals surface area contributed by atoms with Crippen LogP contribution < -0.4 is 5.56 Å². The number of nitrogens with one attached hydrogen (secondary N) is 1. The molecule has 3 N–H and O–H groups in total. The first kappa shape index (κ1) is 22.6. The van der Waals surface area contributed by atoms with Gasteiger partial charge in [-0.05, 0) is 25.5 Å². The first-order chi connectivity index (χ1) is 14.1. The lowest BCUT2D eigenvalue weighted by Gasteiger charge is -2.23. The van der Waals surface area contributed by atoms with Crippen LogP contribution in [0.15, 0.2) is 65.1 Å². The summed E-state index contributed by atoms with van der Waals surface area (Å²) in [5.74, 6) is -2.38.